The molecule has 0 bridgehead atoms. The first-order valence-corrected chi connectivity index (χ1v) is 6.91. The molecule has 2 unspecified atom stereocenters. The molecule has 0 spiro atoms. The Hall–Kier alpha value is -0.380. The van der Waals surface area contributed by atoms with Gasteiger partial charge in [0.1, 0.15) is 0 Å². The molecule has 3 heteroatoms. The van der Waals surface area contributed by atoms with E-state index in [0.717, 1.165) is 35.0 Å². The van der Waals surface area contributed by atoms with Crippen LogP contribution in [0.25, 0.3) is 0 Å². The average molecular weight is 299 g/mol. The van der Waals surface area contributed by atoms with Crippen molar-refractivity contribution < 1.29 is 9.84 Å². The maximum atomic E-state index is 10.4. The Kier molecular flexibility index (Phi) is 4.23. The van der Waals surface area contributed by atoms with Crippen molar-refractivity contribution in [3.8, 4) is 0 Å². The Morgan fingerprint density at radius 2 is 2.12 bits per heavy atom. The van der Waals surface area contributed by atoms with Crippen LogP contribution in [0.3, 0.4) is 0 Å². The molecule has 1 aromatic rings. The Morgan fingerprint density at radius 3 is 2.76 bits per heavy atom. The van der Waals surface area contributed by atoms with E-state index in [1.807, 2.05) is 6.92 Å². The van der Waals surface area contributed by atoms with E-state index in [4.69, 9.17) is 4.74 Å². The lowest BCUT2D eigenvalue weighted by atomic mass is 9.88. The zero-order valence-corrected chi connectivity index (χ0v) is 12.0. The third kappa shape index (κ3) is 2.90. The van der Waals surface area contributed by atoms with Gasteiger partial charge in [0.25, 0.3) is 0 Å². The Bertz CT molecular complexity index is 397. The third-order valence-electron chi connectivity index (χ3n) is 3.51. The van der Waals surface area contributed by atoms with Crippen molar-refractivity contribution >= 4 is 15.9 Å². The largest absolute Gasteiger partial charge is 0.388 e. The molecule has 2 atom stereocenters. The molecule has 1 N–H and O–H groups in total. The van der Waals surface area contributed by atoms with Gasteiger partial charge in [-0.15, -0.1) is 0 Å². The lowest BCUT2D eigenvalue weighted by Crippen LogP contribution is -2.24. The second-order valence-electron chi connectivity index (χ2n) is 4.88. The number of rotatable bonds is 2. The van der Waals surface area contributed by atoms with Gasteiger partial charge in [-0.25, -0.2) is 0 Å². The predicted octanol–water partition coefficient (Wildman–Crippen LogP) is 3.53. The smallest absolute Gasteiger partial charge is 0.0842 e. The minimum atomic E-state index is -0.401. The maximum absolute atomic E-state index is 10.4. The van der Waals surface area contributed by atoms with Crippen LogP contribution in [0.15, 0.2) is 16.6 Å². The number of aliphatic hydroxyl groups excluding tert-OH is 1. The van der Waals surface area contributed by atoms with Crippen molar-refractivity contribution in [3.05, 3.63) is 33.3 Å². The van der Waals surface area contributed by atoms with E-state index >= 15 is 0 Å². The van der Waals surface area contributed by atoms with Crippen LogP contribution in [0.4, 0.5) is 0 Å². The summed E-state index contributed by atoms with van der Waals surface area (Å²) in [5.41, 5.74) is 3.35. The van der Waals surface area contributed by atoms with Crippen LogP contribution in [0.2, 0.25) is 0 Å². The van der Waals surface area contributed by atoms with Crippen molar-refractivity contribution in [2.75, 3.05) is 13.2 Å². The summed E-state index contributed by atoms with van der Waals surface area (Å²) in [5, 5.41) is 10.4. The summed E-state index contributed by atoms with van der Waals surface area (Å²) in [6.45, 7) is 5.61. The fourth-order valence-corrected chi connectivity index (χ4v) is 2.85. The zero-order valence-electron chi connectivity index (χ0n) is 10.4. The van der Waals surface area contributed by atoms with E-state index in [2.05, 4.69) is 35.0 Å². The van der Waals surface area contributed by atoms with E-state index in [1.54, 1.807) is 0 Å². The van der Waals surface area contributed by atoms with Gasteiger partial charge in [-0.05, 0) is 49.4 Å². The molecule has 0 aliphatic carbocycles. The second-order valence-corrected chi connectivity index (χ2v) is 5.73. The highest BCUT2D eigenvalue weighted by molar-refractivity contribution is 9.10. The molecule has 1 saturated heterocycles. The number of halogens is 1. The fraction of sp³-hybridized carbons (Fsp3) is 0.571. The molecule has 0 radical (unpaired) electrons. The van der Waals surface area contributed by atoms with Crippen LogP contribution < -0.4 is 0 Å². The molecule has 2 rings (SSSR count). The van der Waals surface area contributed by atoms with Gasteiger partial charge in [-0.3, -0.25) is 0 Å². The highest BCUT2D eigenvalue weighted by Crippen LogP contribution is 2.32. The van der Waals surface area contributed by atoms with Crippen LogP contribution in [0, 0.1) is 19.8 Å². The van der Waals surface area contributed by atoms with E-state index in [-0.39, 0.29) is 5.92 Å². The average Bonchev–Trinajstić information content (AvgIpc) is 2.34. The molecule has 2 nitrogen and oxygen atoms in total. The topological polar surface area (TPSA) is 29.5 Å². The normalized spacial score (nSPS) is 22.5. The maximum Gasteiger partial charge on any atom is 0.0842 e. The summed E-state index contributed by atoms with van der Waals surface area (Å²) in [6.07, 6.45) is 1.70. The molecular weight excluding hydrogens is 280 g/mol. The first-order valence-electron chi connectivity index (χ1n) is 6.12. The minimum Gasteiger partial charge on any atom is -0.388 e. The highest BCUT2D eigenvalue weighted by Gasteiger charge is 2.25. The third-order valence-corrected chi connectivity index (χ3v) is 4.36. The standard InChI is InChI=1S/C14H19BrO2/c1-9-7-13(15)10(2)6-12(9)14(16)11-4-3-5-17-8-11/h6-7,11,14,16H,3-5,8H2,1-2H3. The molecule has 0 saturated carbocycles. The minimum absolute atomic E-state index is 0.239. The summed E-state index contributed by atoms with van der Waals surface area (Å²) in [4.78, 5) is 0. The lowest BCUT2D eigenvalue weighted by Gasteiger charge is -2.28. The quantitative estimate of drug-likeness (QED) is 0.905. The summed E-state index contributed by atoms with van der Waals surface area (Å²) >= 11 is 3.52. The van der Waals surface area contributed by atoms with Gasteiger partial charge in [0.15, 0.2) is 0 Å². The Morgan fingerprint density at radius 1 is 1.35 bits per heavy atom. The predicted molar refractivity (Wildman–Crippen MR) is 72.1 cm³/mol. The van der Waals surface area contributed by atoms with Gasteiger partial charge in [-0.1, -0.05) is 22.0 Å². The number of aryl methyl sites for hydroxylation is 2. The molecular formula is C14H19BrO2. The van der Waals surface area contributed by atoms with Gasteiger partial charge in [0, 0.05) is 17.0 Å². The van der Waals surface area contributed by atoms with Gasteiger partial charge >= 0.3 is 0 Å². The van der Waals surface area contributed by atoms with Crippen LogP contribution in [0.1, 0.15) is 35.6 Å². The molecule has 94 valence electrons. The van der Waals surface area contributed by atoms with Crippen molar-refractivity contribution in [1.82, 2.24) is 0 Å². The Balaban J connectivity index is 2.23. The SMILES string of the molecule is Cc1cc(C(O)C2CCCOC2)c(C)cc1Br. The first-order chi connectivity index (χ1) is 8.09. The van der Waals surface area contributed by atoms with Crippen LogP contribution in [-0.4, -0.2) is 18.3 Å². The van der Waals surface area contributed by atoms with Gasteiger partial charge in [0.05, 0.1) is 12.7 Å². The highest BCUT2D eigenvalue weighted by atomic mass is 79.9. The number of hydrogen-bond donors (Lipinski definition) is 1. The Labute approximate surface area is 111 Å². The van der Waals surface area contributed by atoms with Gasteiger partial charge in [-0.2, -0.15) is 0 Å². The molecule has 1 fully saturated rings. The van der Waals surface area contributed by atoms with Crippen molar-refractivity contribution in [2.45, 2.75) is 32.8 Å². The molecule has 1 heterocycles. The summed E-state index contributed by atoms with van der Waals surface area (Å²) in [6, 6.07) is 4.16. The second kappa shape index (κ2) is 5.51. The number of hydrogen-bond acceptors (Lipinski definition) is 2. The van der Waals surface area contributed by atoms with Gasteiger partial charge in [0.2, 0.25) is 0 Å². The van der Waals surface area contributed by atoms with E-state index < -0.39 is 6.10 Å². The number of aliphatic hydroxyl groups is 1. The molecule has 17 heavy (non-hydrogen) atoms. The molecule has 1 aromatic carbocycles. The molecule has 1 aliphatic heterocycles. The van der Waals surface area contributed by atoms with Crippen molar-refractivity contribution in [1.29, 1.82) is 0 Å². The number of ether oxygens (including phenoxy) is 1. The van der Waals surface area contributed by atoms with E-state index in [1.165, 1.54) is 5.56 Å². The van der Waals surface area contributed by atoms with Crippen LogP contribution >= 0.6 is 15.9 Å². The summed E-state index contributed by atoms with van der Waals surface area (Å²) in [7, 11) is 0. The monoisotopic (exact) mass is 298 g/mol. The molecule has 0 amide bonds. The van der Waals surface area contributed by atoms with Crippen LogP contribution in [0.5, 0.6) is 0 Å². The molecule has 1 aliphatic rings. The van der Waals surface area contributed by atoms with Crippen molar-refractivity contribution in [2.24, 2.45) is 5.92 Å². The van der Waals surface area contributed by atoms with Gasteiger partial charge < -0.3 is 9.84 Å². The first kappa shape index (κ1) is 13.1. The summed E-state index contributed by atoms with van der Waals surface area (Å²) < 4.78 is 6.55. The van der Waals surface area contributed by atoms with Crippen LogP contribution in [-0.2, 0) is 4.74 Å². The van der Waals surface area contributed by atoms with E-state index in [0.29, 0.717) is 6.61 Å². The fourth-order valence-electron chi connectivity index (χ4n) is 2.39. The zero-order chi connectivity index (χ0) is 12.4. The number of benzene rings is 1. The van der Waals surface area contributed by atoms with E-state index in [9.17, 15) is 5.11 Å². The molecule has 0 aromatic heterocycles. The lowest BCUT2D eigenvalue weighted by molar-refractivity contribution is -0.0102. The summed E-state index contributed by atoms with van der Waals surface area (Å²) in [5.74, 6) is 0.239. The van der Waals surface area contributed by atoms with Crippen molar-refractivity contribution in [3.63, 3.8) is 0 Å².